The zero-order valence-electron chi connectivity index (χ0n) is 15.7. The molecule has 1 N–H and O–H groups in total. The van der Waals surface area contributed by atoms with Crippen LogP contribution in [0.2, 0.25) is 0 Å². The molecule has 4 saturated carbocycles. The summed E-state index contributed by atoms with van der Waals surface area (Å²) in [6, 6.07) is 7.81. The number of carbonyl (C=O) groups is 1. The highest BCUT2D eigenvalue weighted by Crippen LogP contribution is 2.59. The van der Waals surface area contributed by atoms with Crippen LogP contribution in [0.4, 0.5) is 0 Å². The molecule has 4 bridgehead atoms. The van der Waals surface area contributed by atoms with E-state index in [1.807, 2.05) is 28.8 Å². The molecule has 0 aliphatic heterocycles. The van der Waals surface area contributed by atoms with Gasteiger partial charge in [-0.1, -0.05) is 6.07 Å². The summed E-state index contributed by atoms with van der Waals surface area (Å²) in [6.45, 7) is 0.807. The number of hydrogen-bond acceptors (Lipinski definition) is 3. The monoisotopic (exact) mass is 362 g/mol. The van der Waals surface area contributed by atoms with Crippen molar-refractivity contribution >= 4 is 11.6 Å². The Hall–Kier alpha value is -2.35. The van der Waals surface area contributed by atoms with Gasteiger partial charge in [-0.05, 0) is 73.8 Å². The Morgan fingerprint density at radius 2 is 1.93 bits per heavy atom. The minimum atomic E-state index is -0.0134. The molecule has 27 heavy (non-hydrogen) atoms. The fourth-order valence-electron chi connectivity index (χ4n) is 6.42. The normalized spacial score (nSPS) is 31.1. The molecule has 0 spiro atoms. The molecule has 4 aliphatic carbocycles. The topological polar surface area (TPSA) is 70.2 Å². The lowest BCUT2D eigenvalue weighted by Gasteiger charge is -2.56. The first kappa shape index (κ1) is 16.8. The van der Waals surface area contributed by atoms with Gasteiger partial charge in [0.15, 0.2) is 0 Å². The summed E-state index contributed by atoms with van der Waals surface area (Å²) in [4.78, 5) is 17.5. The van der Waals surface area contributed by atoms with Gasteiger partial charge in [-0.25, -0.2) is 4.98 Å². The van der Waals surface area contributed by atoms with Crippen LogP contribution in [0.5, 0.6) is 0 Å². The van der Waals surface area contributed by atoms with Gasteiger partial charge < -0.3 is 5.32 Å². The smallest absolute Gasteiger partial charge is 0.268 e. The van der Waals surface area contributed by atoms with Gasteiger partial charge in [0.05, 0.1) is 11.8 Å². The summed E-state index contributed by atoms with van der Waals surface area (Å²) in [5.41, 5.74) is 2.60. The number of imidazole rings is 1. The highest BCUT2D eigenvalue weighted by molar-refractivity contribution is 5.93. The van der Waals surface area contributed by atoms with Gasteiger partial charge >= 0.3 is 0 Å². The maximum Gasteiger partial charge on any atom is 0.268 e. The Morgan fingerprint density at radius 1 is 1.22 bits per heavy atom. The average Bonchev–Trinajstić information content (AvgIpc) is 3.06. The minimum Gasteiger partial charge on any atom is -0.350 e. The van der Waals surface area contributed by atoms with Gasteiger partial charge in [-0.3, -0.25) is 9.20 Å². The molecule has 4 aliphatic rings. The van der Waals surface area contributed by atoms with Crippen LogP contribution >= 0.6 is 0 Å². The lowest BCUT2D eigenvalue weighted by Crippen LogP contribution is -2.51. The number of nitrogens with zero attached hydrogens (tertiary/aromatic N) is 3. The Kier molecular flexibility index (Phi) is 3.96. The van der Waals surface area contributed by atoms with E-state index in [0.717, 1.165) is 35.6 Å². The number of aromatic nitrogens is 2. The van der Waals surface area contributed by atoms with Gasteiger partial charge in [0, 0.05) is 25.6 Å². The third kappa shape index (κ3) is 3.01. The molecule has 0 atom stereocenters. The molecule has 2 aromatic rings. The Labute approximate surface area is 159 Å². The van der Waals surface area contributed by atoms with Crippen molar-refractivity contribution in [2.24, 2.45) is 23.2 Å². The van der Waals surface area contributed by atoms with Crippen molar-refractivity contribution in [1.82, 2.24) is 14.7 Å². The van der Waals surface area contributed by atoms with Crippen LogP contribution in [0.1, 0.15) is 61.1 Å². The number of nitrogens with one attached hydrogen (secondary N) is 1. The Balaban J connectivity index is 1.33. The van der Waals surface area contributed by atoms with Crippen LogP contribution in [0.3, 0.4) is 0 Å². The van der Waals surface area contributed by atoms with Crippen LogP contribution in [0.15, 0.2) is 24.4 Å². The number of pyridine rings is 1. The maximum absolute atomic E-state index is 13.0. The zero-order valence-corrected chi connectivity index (χ0v) is 15.7. The average molecular weight is 362 g/mol. The number of rotatable bonds is 5. The first-order valence-corrected chi connectivity index (χ1v) is 10.3. The highest BCUT2D eigenvalue weighted by atomic mass is 16.1. The van der Waals surface area contributed by atoms with E-state index in [9.17, 15) is 4.79 Å². The lowest BCUT2D eigenvalue weighted by molar-refractivity contribution is -0.0503. The van der Waals surface area contributed by atoms with Gasteiger partial charge in [0.25, 0.3) is 5.91 Å². The third-order valence-electron chi connectivity index (χ3n) is 7.06. The van der Waals surface area contributed by atoms with E-state index in [0.29, 0.717) is 24.0 Å². The summed E-state index contributed by atoms with van der Waals surface area (Å²) in [6.07, 6.45) is 11.1. The van der Waals surface area contributed by atoms with Crippen molar-refractivity contribution in [2.75, 3.05) is 6.54 Å². The maximum atomic E-state index is 13.0. The van der Waals surface area contributed by atoms with E-state index < -0.39 is 0 Å². The summed E-state index contributed by atoms with van der Waals surface area (Å²) < 4.78 is 1.86. The SMILES string of the molecule is N#CCCc1cn2c(C(=O)NCC34CC5CC(CC(C5)C3)C4)cccc2n1. The van der Waals surface area contributed by atoms with Gasteiger partial charge in [0.2, 0.25) is 0 Å². The first-order chi connectivity index (χ1) is 13.1. The van der Waals surface area contributed by atoms with Crippen LogP contribution in [-0.4, -0.2) is 21.8 Å². The largest absolute Gasteiger partial charge is 0.350 e. The van der Waals surface area contributed by atoms with Crippen molar-refractivity contribution in [2.45, 2.75) is 51.4 Å². The Morgan fingerprint density at radius 3 is 2.59 bits per heavy atom. The van der Waals surface area contributed by atoms with E-state index in [1.54, 1.807) is 0 Å². The number of fused-ring (bicyclic) bond motifs is 1. The zero-order chi connectivity index (χ0) is 18.4. The summed E-state index contributed by atoms with van der Waals surface area (Å²) in [5.74, 6) is 2.68. The number of hydrogen-bond donors (Lipinski definition) is 1. The predicted octanol–water partition coefficient (Wildman–Crippen LogP) is 3.74. The molecule has 1 amide bonds. The second-order valence-electron chi connectivity index (χ2n) is 9.13. The second kappa shape index (κ2) is 6.37. The number of carbonyl (C=O) groups excluding carboxylic acids is 1. The molecule has 0 unspecified atom stereocenters. The molecule has 6 rings (SSSR count). The summed E-state index contributed by atoms with van der Waals surface area (Å²) in [5, 5.41) is 12.0. The van der Waals surface area contributed by atoms with Crippen LogP contribution in [-0.2, 0) is 6.42 Å². The molecule has 0 radical (unpaired) electrons. The van der Waals surface area contributed by atoms with Gasteiger partial charge in [0.1, 0.15) is 11.3 Å². The molecule has 2 heterocycles. The summed E-state index contributed by atoms with van der Waals surface area (Å²) in [7, 11) is 0. The molecule has 0 saturated heterocycles. The predicted molar refractivity (Wildman–Crippen MR) is 102 cm³/mol. The third-order valence-corrected chi connectivity index (χ3v) is 7.06. The standard InChI is InChI=1S/C22H26N4O/c23-6-2-3-18-13-26-19(4-1-5-20(26)25-18)21(27)24-14-22-10-15-7-16(11-22)9-17(8-15)12-22/h1,4-5,13,15-17H,2-3,7-12,14H2,(H,24,27). The van der Waals surface area contributed by atoms with Crippen molar-refractivity contribution in [3.63, 3.8) is 0 Å². The van der Waals surface area contributed by atoms with E-state index in [4.69, 9.17) is 5.26 Å². The van der Waals surface area contributed by atoms with E-state index in [-0.39, 0.29) is 5.91 Å². The molecule has 2 aromatic heterocycles. The number of aryl methyl sites for hydroxylation is 1. The number of amides is 1. The van der Waals surface area contributed by atoms with Crippen molar-refractivity contribution in [1.29, 1.82) is 5.26 Å². The number of nitriles is 1. The molecular formula is C22H26N4O. The van der Waals surface area contributed by atoms with Crippen LogP contribution < -0.4 is 5.32 Å². The molecule has 5 heteroatoms. The lowest BCUT2D eigenvalue weighted by atomic mass is 9.49. The van der Waals surface area contributed by atoms with E-state index in [1.165, 1.54) is 38.5 Å². The van der Waals surface area contributed by atoms with Crippen LogP contribution in [0, 0.1) is 34.5 Å². The van der Waals surface area contributed by atoms with Crippen molar-refractivity contribution in [3.8, 4) is 6.07 Å². The summed E-state index contributed by atoms with van der Waals surface area (Å²) >= 11 is 0. The molecule has 4 fully saturated rings. The molecule has 0 aromatic carbocycles. The van der Waals surface area contributed by atoms with Gasteiger partial charge in [-0.2, -0.15) is 5.26 Å². The quantitative estimate of drug-likeness (QED) is 0.881. The Bertz CT molecular complexity index is 887. The fourth-order valence-corrected chi connectivity index (χ4v) is 6.42. The highest BCUT2D eigenvalue weighted by Gasteiger charge is 2.50. The fraction of sp³-hybridized carbons (Fsp3) is 0.591. The van der Waals surface area contributed by atoms with E-state index in [2.05, 4.69) is 16.4 Å². The molecule has 5 nitrogen and oxygen atoms in total. The van der Waals surface area contributed by atoms with Crippen LogP contribution in [0.25, 0.3) is 5.65 Å². The molecular weight excluding hydrogens is 336 g/mol. The van der Waals surface area contributed by atoms with Gasteiger partial charge in [-0.15, -0.1) is 0 Å². The first-order valence-electron chi connectivity index (χ1n) is 10.3. The van der Waals surface area contributed by atoms with Crippen molar-refractivity contribution < 1.29 is 4.79 Å². The van der Waals surface area contributed by atoms with Crippen molar-refractivity contribution in [3.05, 3.63) is 35.8 Å². The second-order valence-corrected chi connectivity index (χ2v) is 9.13. The van der Waals surface area contributed by atoms with E-state index >= 15 is 0 Å². The minimum absolute atomic E-state index is 0.0134. The molecule has 140 valence electrons.